The van der Waals surface area contributed by atoms with Gasteiger partial charge in [0, 0.05) is 22.7 Å². The van der Waals surface area contributed by atoms with Crippen molar-refractivity contribution in [3.63, 3.8) is 0 Å². The van der Waals surface area contributed by atoms with Crippen LogP contribution >= 0.6 is 0 Å². The molecule has 298 valence electrons. The molecule has 0 heterocycles. The van der Waals surface area contributed by atoms with Crippen LogP contribution in [0.3, 0.4) is 0 Å². The van der Waals surface area contributed by atoms with Gasteiger partial charge in [0.15, 0.2) is 0 Å². The summed E-state index contributed by atoms with van der Waals surface area (Å²) in [5.41, 5.74) is 27.3. The minimum atomic E-state index is -0.358. The number of rotatable bonds is 5. The largest absolute Gasteiger partial charge is 0.356 e. The van der Waals surface area contributed by atoms with Crippen molar-refractivity contribution in [1.82, 2.24) is 0 Å². The number of hydrogen-bond donors (Lipinski definition) is 2. The number of anilines is 4. The highest BCUT2D eigenvalue weighted by Crippen LogP contribution is 2.64. The normalized spacial score (nSPS) is 14.2. The molecule has 0 aromatic heterocycles. The Balaban J connectivity index is 0.751. The van der Waals surface area contributed by atoms with Crippen LogP contribution in [-0.4, -0.2) is 0 Å². The van der Waals surface area contributed by atoms with Crippen molar-refractivity contribution < 1.29 is 0 Å². The highest BCUT2D eigenvalue weighted by atomic mass is 14.9. The van der Waals surface area contributed by atoms with E-state index in [1.54, 1.807) is 0 Å². The molecule has 0 saturated carbocycles. The van der Waals surface area contributed by atoms with Crippen LogP contribution in [0.5, 0.6) is 0 Å². The Labute approximate surface area is 373 Å². The van der Waals surface area contributed by atoms with Crippen LogP contribution in [0, 0.1) is 0 Å². The van der Waals surface area contributed by atoms with Crippen molar-refractivity contribution in [2.75, 3.05) is 10.6 Å². The van der Waals surface area contributed by atoms with Gasteiger partial charge in [-0.2, -0.15) is 0 Å². The van der Waals surface area contributed by atoms with Crippen LogP contribution in [0.4, 0.5) is 22.7 Å². The van der Waals surface area contributed by atoms with Crippen LogP contribution in [-0.2, 0) is 10.8 Å². The summed E-state index contributed by atoms with van der Waals surface area (Å²) < 4.78 is 0. The second-order valence-corrected chi connectivity index (χ2v) is 17.7. The third-order valence-electron chi connectivity index (χ3n) is 14.7. The Morgan fingerprint density at radius 2 is 0.469 bits per heavy atom. The van der Waals surface area contributed by atoms with E-state index < -0.39 is 0 Å². The summed E-state index contributed by atoms with van der Waals surface area (Å²) in [6, 6.07) is 85.4. The van der Waals surface area contributed by atoms with Crippen molar-refractivity contribution in [2.24, 2.45) is 0 Å². The fraction of sp³-hybridized carbons (Fsp3) is 0.0323. The van der Waals surface area contributed by atoms with Crippen LogP contribution in [0.2, 0.25) is 0 Å². The molecule has 0 unspecified atom stereocenters. The lowest BCUT2D eigenvalue weighted by Crippen LogP contribution is -2.25. The minimum Gasteiger partial charge on any atom is -0.356 e. The Morgan fingerprint density at radius 1 is 0.203 bits per heavy atom. The van der Waals surface area contributed by atoms with E-state index in [0.29, 0.717) is 0 Å². The maximum absolute atomic E-state index is 3.76. The molecule has 0 amide bonds. The Hall–Kier alpha value is -8.20. The molecule has 0 fully saturated rings. The fourth-order valence-corrected chi connectivity index (χ4v) is 12.2. The molecule has 0 bridgehead atoms. The summed E-state index contributed by atoms with van der Waals surface area (Å²) in [5.74, 6) is 0. The van der Waals surface area contributed by atoms with Crippen molar-refractivity contribution >= 4 is 22.7 Å². The maximum atomic E-state index is 3.76. The van der Waals surface area contributed by atoms with E-state index in [1.807, 2.05) is 0 Å². The first kappa shape index (κ1) is 35.4. The molecule has 64 heavy (non-hydrogen) atoms. The summed E-state index contributed by atoms with van der Waals surface area (Å²) in [5, 5.41) is 7.41. The van der Waals surface area contributed by atoms with E-state index in [4.69, 9.17) is 0 Å². The molecule has 10 aromatic rings. The predicted octanol–water partition coefficient (Wildman–Crippen LogP) is 15.5. The minimum absolute atomic E-state index is 0.347. The molecule has 0 radical (unpaired) electrons. The lowest BCUT2D eigenvalue weighted by atomic mass is 9.70. The number of fused-ring (bicyclic) bond motifs is 20. The van der Waals surface area contributed by atoms with Gasteiger partial charge in [-0.3, -0.25) is 0 Å². The van der Waals surface area contributed by atoms with E-state index in [1.165, 1.54) is 100 Å². The van der Waals surface area contributed by atoms with E-state index in [0.717, 1.165) is 22.7 Å². The van der Waals surface area contributed by atoms with E-state index >= 15 is 0 Å². The summed E-state index contributed by atoms with van der Waals surface area (Å²) in [4.78, 5) is 0. The van der Waals surface area contributed by atoms with Crippen LogP contribution in [0.15, 0.2) is 231 Å². The average Bonchev–Trinajstić information content (AvgIpc) is 4.04. The summed E-state index contributed by atoms with van der Waals surface area (Å²) in [6.07, 6.45) is 0. The van der Waals surface area contributed by atoms with Crippen molar-refractivity contribution in [1.29, 1.82) is 0 Å². The molecule has 2 nitrogen and oxygen atoms in total. The molecule has 0 atom stereocenters. The van der Waals surface area contributed by atoms with Gasteiger partial charge in [-0.25, -0.2) is 0 Å². The standard InChI is InChI=1S/C62H40N2/c1-7-19-53-45(13-1)46-14-2-8-20-54(46)61(53)57-23-11-5-17-49(57)51-35-27-40(37-59(51)61)39-25-28-41(29-26-39)63-42-30-32-43(33-31-42)64-44-34-36-52-50-18-6-12-24-58(50)62(60(52)38-44)55-21-9-3-15-47(55)48-16-4-10-22-56(48)62/h1-38,63-64H. The number of nitrogens with one attached hydrogen (secondary N) is 2. The van der Waals surface area contributed by atoms with Crippen molar-refractivity contribution in [3.05, 3.63) is 275 Å². The Morgan fingerprint density at radius 3 is 0.859 bits per heavy atom. The van der Waals surface area contributed by atoms with E-state index in [2.05, 4.69) is 241 Å². The lowest BCUT2D eigenvalue weighted by Gasteiger charge is -2.30. The molecule has 14 rings (SSSR count). The summed E-state index contributed by atoms with van der Waals surface area (Å²) in [7, 11) is 0. The van der Waals surface area contributed by atoms with Gasteiger partial charge >= 0.3 is 0 Å². The summed E-state index contributed by atoms with van der Waals surface area (Å²) in [6.45, 7) is 0. The highest BCUT2D eigenvalue weighted by molar-refractivity contribution is 5.97. The molecule has 0 saturated heterocycles. The van der Waals surface area contributed by atoms with Gasteiger partial charge in [-0.05, 0) is 155 Å². The zero-order valence-electron chi connectivity index (χ0n) is 34.9. The second-order valence-electron chi connectivity index (χ2n) is 17.7. The monoisotopic (exact) mass is 812 g/mol. The first-order valence-corrected chi connectivity index (χ1v) is 22.3. The first-order valence-electron chi connectivity index (χ1n) is 22.3. The van der Waals surface area contributed by atoms with Crippen LogP contribution in [0.25, 0.3) is 55.6 Å². The van der Waals surface area contributed by atoms with Gasteiger partial charge in [-0.15, -0.1) is 0 Å². The topological polar surface area (TPSA) is 24.1 Å². The fourth-order valence-electron chi connectivity index (χ4n) is 12.2. The molecule has 4 aliphatic rings. The first-order chi connectivity index (χ1) is 31.7. The van der Waals surface area contributed by atoms with Gasteiger partial charge in [0.05, 0.1) is 10.8 Å². The zero-order valence-corrected chi connectivity index (χ0v) is 34.9. The highest BCUT2D eigenvalue weighted by Gasteiger charge is 2.53. The molecular formula is C62H40N2. The molecule has 2 heteroatoms. The quantitative estimate of drug-likeness (QED) is 0.181. The van der Waals surface area contributed by atoms with Crippen LogP contribution in [0.1, 0.15) is 44.5 Å². The summed E-state index contributed by atoms with van der Waals surface area (Å²) >= 11 is 0. The van der Waals surface area contributed by atoms with Gasteiger partial charge < -0.3 is 10.6 Å². The zero-order chi connectivity index (χ0) is 42.0. The molecule has 2 spiro atoms. The second kappa shape index (κ2) is 13.2. The van der Waals surface area contributed by atoms with E-state index in [9.17, 15) is 0 Å². The third-order valence-corrected chi connectivity index (χ3v) is 14.7. The van der Waals surface area contributed by atoms with Gasteiger partial charge in [-0.1, -0.05) is 176 Å². The van der Waals surface area contributed by atoms with Crippen molar-refractivity contribution in [2.45, 2.75) is 10.8 Å². The van der Waals surface area contributed by atoms with Crippen LogP contribution < -0.4 is 10.6 Å². The third kappa shape index (κ3) is 4.64. The number of benzene rings is 10. The van der Waals surface area contributed by atoms with Crippen molar-refractivity contribution in [3.8, 4) is 55.6 Å². The SMILES string of the molecule is c1ccc2c(c1)-c1ccccc1C21c2ccccc2-c2ccc(Nc3ccc(Nc4ccc(-c5ccc6c(c5)C5(c7ccccc7-c7ccccc75)c5ccccc5-6)cc4)cc3)cc21. The Kier molecular flexibility index (Phi) is 7.28. The smallest absolute Gasteiger partial charge is 0.0726 e. The maximum Gasteiger partial charge on any atom is 0.0726 e. The average molecular weight is 813 g/mol. The Bertz CT molecular complexity index is 3430. The van der Waals surface area contributed by atoms with E-state index in [-0.39, 0.29) is 10.8 Å². The molecule has 4 aliphatic carbocycles. The molecule has 2 N–H and O–H groups in total. The molecule has 0 aliphatic heterocycles. The predicted molar refractivity (Wildman–Crippen MR) is 264 cm³/mol. The lowest BCUT2D eigenvalue weighted by molar-refractivity contribution is 0.794. The van der Waals surface area contributed by atoms with Gasteiger partial charge in [0.1, 0.15) is 0 Å². The van der Waals surface area contributed by atoms with Gasteiger partial charge in [0.25, 0.3) is 0 Å². The molecular weight excluding hydrogens is 773 g/mol. The number of hydrogen-bond acceptors (Lipinski definition) is 2. The van der Waals surface area contributed by atoms with Gasteiger partial charge in [0.2, 0.25) is 0 Å². The molecule has 10 aromatic carbocycles.